The van der Waals surface area contributed by atoms with Gasteiger partial charge in [0.25, 0.3) is 5.91 Å². The van der Waals surface area contributed by atoms with Crippen LogP contribution in [-0.4, -0.2) is 62.4 Å². The van der Waals surface area contributed by atoms with Gasteiger partial charge in [0.1, 0.15) is 6.61 Å². The molecule has 34 heavy (non-hydrogen) atoms. The second-order valence-electron chi connectivity index (χ2n) is 7.88. The number of rotatable bonds is 12. The zero-order valence-electron chi connectivity index (χ0n) is 19.6. The van der Waals surface area contributed by atoms with Crippen LogP contribution in [0.4, 0.5) is 4.79 Å². The molecule has 182 valence electrons. The van der Waals surface area contributed by atoms with Gasteiger partial charge in [-0.05, 0) is 60.2 Å². The number of amides is 2. The minimum Gasteiger partial charge on any atom is -0.447 e. The van der Waals surface area contributed by atoms with Gasteiger partial charge >= 0.3 is 6.09 Å². The lowest BCUT2D eigenvalue weighted by molar-refractivity contribution is -0.132. The fourth-order valence-electron chi connectivity index (χ4n) is 3.80. The molecule has 0 bridgehead atoms. The number of ether oxygens (including phenoxy) is 3. The van der Waals surface area contributed by atoms with Crippen molar-refractivity contribution in [2.45, 2.75) is 32.6 Å². The highest BCUT2D eigenvalue weighted by atomic mass is 16.7. The maximum absolute atomic E-state index is 12.8. The summed E-state index contributed by atoms with van der Waals surface area (Å²) in [4.78, 5) is 24.6. The molecular formula is C26H32N2O6. The molecule has 2 aromatic rings. The van der Waals surface area contributed by atoms with E-state index < -0.39 is 12.1 Å². The second kappa shape index (κ2) is 12.3. The van der Waals surface area contributed by atoms with Gasteiger partial charge in [-0.3, -0.25) is 4.79 Å². The van der Waals surface area contributed by atoms with Gasteiger partial charge in [0, 0.05) is 18.7 Å². The molecule has 0 heterocycles. The van der Waals surface area contributed by atoms with Crippen molar-refractivity contribution in [2.75, 3.05) is 33.0 Å². The van der Waals surface area contributed by atoms with Crippen LogP contribution < -0.4 is 10.6 Å². The standard InChI is InChI=1S/C26H32N2O6/c1-4-32-18(3)33-13-14-34-26(31)27-12-11-20(16-29)28-25(30)19-9-10-23-22-8-6-5-7-21(22)17(2)24(23)15-19/h5-10,15,18,20,29H,2,4,11-14,16H2,1,3H3,(H,27,31)(H,28,30). The number of hydrogen-bond acceptors (Lipinski definition) is 6. The van der Waals surface area contributed by atoms with Crippen molar-refractivity contribution in [3.63, 3.8) is 0 Å². The van der Waals surface area contributed by atoms with Crippen LogP contribution in [0.5, 0.6) is 0 Å². The smallest absolute Gasteiger partial charge is 0.407 e. The second-order valence-corrected chi connectivity index (χ2v) is 7.88. The van der Waals surface area contributed by atoms with Gasteiger partial charge in [-0.2, -0.15) is 0 Å². The quantitative estimate of drug-likeness (QED) is 0.278. The van der Waals surface area contributed by atoms with Gasteiger partial charge < -0.3 is 30.0 Å². The minimum atomic E-state index is -0.590. The summed E-state index contributed by atoms with van der Waals surface area (Å²) < 4.78 is 15.6. The third-order valence-corrected chi connectivity index (χ3v) is 5.54. The van der Waals surface area contributed by atoms with Gasteiger partial charge in [-0.1, -0.05) is 36.9 Å². The minimum absolute atomic E-state index is 0.0941. The Balaban J connectivity index is 1.44. The van der Waals surface area contributed by atoms with E-state index in [-0.39, 0.29) is 38.6 Å². The van der Waals surface area contributed by atoms with E-state index in [9.17, 15) is 14.7 Å². The van der Waals surface area contributed by atoms with E-state index in [1.165, 1.54) is 0 Å². The van der Waals surface area contributed by atoms with Gasteiger partial charge in [0.05, 0.1) is 19.3 Å². The first kappa shape index (κ1) is 25.4. The van der Waals surface area contributed by atoms with Crippen molar-refractivity contribution in [1.29, 1.82) is 0 Å². The number of carbonyl (C=O) groups is 2. The molecule has 2 unspecified atom stereocenters. The Kier molecular flexibility index (Phi) is 9.21. The number of hydrogen-bond donors (Lipinski definition) is 3. The molecule has 1 aliphatic carbocycles. The number of aliphatic hydroxyl groups excluding tert-OH is 1. The maximum Gasteiger partial charge on any atom is 0.407 e. The number of aliphatic hydroxyl groups is 1. The predicted octanol–water partition coefficient (Wildman–Crippen LogP) is 3.33. The fraction of sp³-hybridized carbons (Fsp3) is 0.385. The molecule has 3 N–H and O–H groups in total. The number of fused-ring (bicyclic) bond motifs is 3. The monoisotopic (exact) mass is 468 g/mol. The van der Waals surface area contributed by atoms with E-state index in [0.717, 1.165) is 27.8 Å². The zero-order valence-corrected chi connectivity index (χ0v) is 19.6. The van der Waals surface area contributed by atoms with E-state index in [4.69, 9.17) is 14.2 Å². The first-order chi connectivity index (χ1) is 16.4. The Morgan fingerprint density at radius 3 is 2.50 bits per heavy atom. The summed E-state index contributed by atoms with van der Waals surface area (Å²) in [6.45, 7) is 8.65. The highest BCUT2D eigenvalue weighted by molar-refractivity contribution is 6.03. The van der Waals surface area contributed by atoms with Gasteiger partial charge in [0.15, 0.2) is 6.29 Å². The van der Waals surface area contributed by atoms with Crippen molar-refractivity contribution >= 4 is 17.6 Å². The average molecular weight is 469 g/mol. The lowest BCUT2D eigenvalue weighted by Gasteiger charge is -2.17. The number of alkyl carbamates (subject to hydrolysis) is 1. The lowest BCUT2D eigenvalue weighted by Crippen LogP contribution is -2.40. The topological polar surface area (TPSA) is 106 Å². The Labute approximate surface area is 199 Å². The van der Waals surface area contributed by atoms with Crippen LogP contribution in [0.15, 0.2) is 49.0 Å². The predicted molar refractivity (Wildman–Crippen MR) is 129 cm³/mol. The van der Waals surface area contributed by atoms with Gasteiger partial charge in [0.2, 0.25) is 0 Å². The first-order valence-corrected chi connectivity index (χ1v) is 11.4. The summed E-state index contributed by atoms with van der Waals surface area (Å²) in [7, 11) is 0. The van der Waals surface area contributed by atoms with E-state index in [0.29, 0.717) is 18.6 Å². The van der Waals surface area contributed by atoms with Crippen LogP contribution in [0.3, 0.4) is 0 Å². The lowest BCUT2D eigenvalue weighted by atomic mass is 10.0. The summed E-state index contributed by atoms with van der Waals surface area (Å²) in [6, 6.07) is 13.0. The van der Waals surface area contributed by atoms with E-state index in [1.807, 2.05) is 43.3 Å². The third-order valence-electron chi connectivity index (χ3n) is 5.54. The van der Waals surface area contributed by atoms with Crippen LogP contribution in [0.25, 0.3) is 16.7 Å². The molecular weight excluding hydrogens is 436 g/mol. The van der Waals surface area contributed by atoms with Crippen LogP contribution >= 0.6 is 0 Å². The van der Waals surface area contributed by atoms with Crippen LogP contribution in [0.1, 0.15) is 41.8 Å². The third kappa shape index (κ3) is 6.44. The summed E-state index contributed by atoms with van der Waals surface area (Å²) in [5.41, 5.74) is 5.53. The number of nitrogens with one attached hydrogen (secondary N) is 2. The molecule has 8 nitrogen and oxygen atoms in total. The molecule has 0 fully saturated rings. The molecule has 0 saturated heterocycles. The molecule has 2 aromatic carbocycles. The van der Waals surface area contributed by atoms with E-state index in [1.54, 1.807) is 13.0 Å². The summed E-state index contributed by atoms with van der Waals surface area (Å²) in [5, 5.41) is 15.1. The molecule has 0 spiro atoms. The molecule has 0 saturated carbocycles. The molecule has 0 aliphatic heterocycles. The van der Waals surface area contributed by atoms with Crippen molar-refractivity contribution < 1.29 is 28.9 Å². The van der Waals surface area contributed by atoms with Crippen molar-refractivity contribution in [3.05, 3.63) is 65.7 Å². The summed E-state index contributed by atoms with van der Waals surface area (Å²) in [5.74, 6) is -0.297. The van der Waals surface area contributed by atoms with Crippen LogP contribution in [0, 0.1) is 0 Å². The molecule has 3 rings (SSSR count). The van der Waals surface area contributed by atoms with Crippen molar-refractivity contribution in [1.82, 2.24) is 10.6 Å². The Morgan fingerprint density at radius 1 is 1.03 bits per heavy atom. The Hall–Kier alpha value is -3.20. The fourth-order valence-corrected chi connectivity index (χ4v) is 3.80. The van der Waals surface area contributed by atoms with E-state index >= 15 is 0 Å². The average Bonchev–Trinajstić information content (AvgIpc) is 3.13. The largest absolute Gasteiger partial charge is 0.447 e. The molecule has 2 amide bonds. The van der Waals surface area contributed by atoms with Gasteiger partial charge in [-0.15, -0.1) is 0 Å². The zero-order chi connectivity index (χ0) is 24.5. The normalized spacial score (nSPS) is 13.6. The number of benzene rings is 2. The van der Waals surface area contributed by atoms with Crippen molar-refractivity contribution in [2.24, 2.45) is 0 Å². The van der Waals surface area contributed by atoms with E-state index in [2.05, 4.69) is 17.2 Å². The summed E-state index contributed by atoms with van der Waals surface area (Å²) >= 11 is 0. The Bertz CT molecular complexity index is 1020. The SMILES string of the molecule is C=C1c2ccccc2-c2ccc(C(=O)NC(CO)CCNC(=O)OCCOC(C)OCC)cc21. The Morgan fingerprint density at radius 2 is 1.76 bits per heavy atom. The molecule has 8 heteroatoms. The highest BCUT2D eigenvalue weighted by Gasteiger charge is 2.23. The molecule has 0 radical (unpaired) electrons. The molecule has 1 aliphatic rings. The molecule has 0 aromatic heterocycles. The van der Waals surface area contributed by atoms with Crippen molar-refractivity contribution in [3.8, 4) is 11.1 Å². The van der Waals surface area contributed by atoms with Crippen LogP contribution in [0.2, 0.25) is 0 Å². The van der Waals surface area contributed by atoms with Gasteiger partial charge in [-0.25, -0.2) is 4.79 Å². The number of carbonyl (C=O) groups excluding carboxylic acids is 2. The highest BCUT2D eigenvalue weighted by Crippen LogP contribution is 2.43. The molecule has 2 atom stereocenters. The maximum atomic E-state index is 12.8. The van der Waals surface area contributed by atoms with Crippen LogP contribution in [-0.2, 0) is 14.2 Å². The first-order valence-electron chi connectivity index (χ1n) is 11.4. The summed E-state index contributed by atoms with van der Waals surface area (Å²) in [6.07, 6.45) is -0.602.